The molecule has 0 radical (unpaired) electrons. The van der Waals surface area contributed by atoms with E-state index < -0.39 is 0 Å². The first-order valence-electron chi connectivity index (χ1n) is 7.41. The molecule has 0 spiro atoms. The minimum absolute atomic E-state index is 0.764. The zero-order valence-corrected chi connectivity index (χ0v) is 13.3. The second-order valence-corrected chi connectivity index (χ2v) is 7.60. The zero-order chi connectivity index (χ0) is 13.1. The quantitative estimate of drug-likeness (QED) is 0.904. The van der Waals surface area contributed by atoms with Crippen molar-refractivity contribution < 1.29 is 0 Å². The van der Waals surface area contributed by atoms with Crippen molar-refractivity contribution in [2.75, 3.05) is 36.0 Å². The van der Waals surface area contributed by atoms with Crippen LogP contribution in [0.2, 0.25) is 0 Å². The Morgan fingerprint density at radius 1 is 1.32 bits per heavy atom. The van der Waals surface area contributed by atoms with Crippen molar-refractivity contribution in [2.45, 2.75) is 38.6 Å². The van der Waals surface area contributed by atoms with Gasteiger partial charge in [-0.3, -0.25) is 0 Å². The molecule has 3 nitrogen and oxygen atoms in total. The topological polar surface area (TPSA) is 28.2 Å². The number of thiazole rings is 1. The van der Waals surface area contributed by atoms with Crippen LogP contribution in [0.5, 0.6) is 0 Å². The molecule has 0 unspecified atom stereocenters. The van der Waals surface area contributed by atoms with E-state index in [0.717, 1.165) is 19.0 Å². The maximum absolute atomic E-state index is 4.99. The standard InChI is InChI=1S/C14H23N3S2/c1-2-15-10-12-13(11-4-5-11)16-14(19-12)17-6-3-8-18-9-7-17/h11,15H,2-10H2,1H3. The van der Waals surface area contributed by atoms with E-state index in [-0.39, 0.29) is 0 Å². The highest BCUT2D eigenvalue weighted by Crippen LogP contribution is 2.44. The summed E-state index contributed by atoms with van der Waals surface area (Å²) in [6.07, 6.45) is 3.99. The molecule has 2 heterocycles. The van der Waals surface area contributed by atoms with Crippen molar-refractivity contribution >= 4 is 28.2 Å². The molecule has 0 atom stereocenters. The summed E-state index contributed by atoms with van der Waals surface area (Å²) in [5.41, 5.74) is 1.40. The third-order valence-electron chi connectivity index (χ3n) is 3.71. The second kappa shape index (κ2) is 6.46. The molecule has 5 heteroatoms. The van der Waals surface area contributed by atoms with E-state index in [1.54, 1.807) is 0 Å². The van der Waals surface area contributed by atoms with Gasteiger partial charge in [0.15, 0.2) is 5.13 Å². The molecule has 3 rings (SSSR count). The van der Waals surface area contributed by atoms with Gasteiger partial charge in [-0.2, -0.15) is 11.8 Å². The van der Waals surface area contributed by atoms with E-state index in [9.17, 15) is 0 Å². The van der Waals surface area contributed by atoms with Crippen molar-refractivity contribution in [2.24, 2.45) is 0 Å². The number of nitrogens with zero attached hydrogens (tertiary/aromatic N) is 2. The van der Waals surface area contributed by atoms with Crippen molar-refractivity contribution in [3.05, 3.63) is 10.6 Å². The minimum atomic E-state index is 0.764. The molecule has 0 amide bonds. The molecule has 0 bridgehead atoms. The summed E-state index contributed by atoms with van der Waals surface area (Å²) < 4.78 is 0. The molecule has 0 aromatic carbocycles. The fraction of sp³-hybridized carbons (Fsp3) is 0.786. The average molecular weight is 297 g/mol. The van der Waals surface area contributed by atoms with Crippen LogP contribution in [-0.4, -0.2) is 36.1 Å². The van der Waals surface area contributed by atoms with Crippen LogP contribution in [0, 0.1) is 0 Å². The second-order valence-electron chi connectivity index (χ2n) is 5.31. The van der Waals surface area contributed by atoms with Crippen molar-refractivity contribution in [1.82, 2.24) is 10.3 Å². The first-order valence-corrected chi connectivity index (χ1v) is 9.38. The van der Waals surface area contributed by atoms with Crippen LogP contribution in [0.1, 0.15) is 42.7 Å². The van der Waals surface area contributed by atoms with Crippen LogP contribution in [0.3, 0.4) is 0 Å². The monoisotopic (exact) mass is 297 g/mol. The van der Waals surface area contributed by atoms with E-state index in [4.69, 9.17) is 4.98 Å². The highest BCUT2D eigenvalue weighted by Gasteiger charge is 2.30. The van der Waals surface area contributed by atoms with Gasteiger partial charge in [-0.05, 0) is 31.6 Å². The number of hydrogen-bond donors (Lipinski definition) is 1. The fourth-order valence-corrected chi connectivity index (χ4v) is 4.52. The molecule has 1 N–H and O–H groups in total. The normalized spacial score (nSPS) is 20.6. The van der Waals surface area contributed by atoms with Gasteiger partial charge >= 0.3 is 0 Å². The van der Waals surface area contributed by atoms with Crippen LogP contribution in [0.15, 0.2) is 0 Å². The predicted molar refractivity (Wildman–Crippen MR) is 85.6 cm³/mol. The van der Waals surface area contributed by atoms with Gasteiger partial charge in [-0.25, -0.2) is 4.98 Å². The Hall–Kier alpha value is -0.260. The summed E-state index contributed by atoms with van der Waals surface area (Å²) in [7, 11) is 0. The van der Waals surface area contributed by atoms with Crippen LogP contribution >= 0.6 is 23.1 Å². The maximum Gasteiger partial charge on any atom is 0.185 e. The van der Waals surface area contributed by atoms with Crippen LogP contribution < -0.4 is 10.2 Å². The smallest absolute Gasteiger partial charge is 0.185 e. The molecule has 1 aliphatic carbocycles. The Balaban J connectivity index is 1.76. The van der Waals surface area contributed by atoms with Crippen LogP contribution in [0.4, 0.5) is 5.13 Å². The molecule has 1 saturated carbocycles. The van der Waals surface area contributed by atoms with E-state index in [0.29, 0.717) is 0 Å². The average Bonchev–Trinajstić information content (AvgIpc) is 3.22. The highest BCUT2D eigenvalue weighted by atomic mass is 32.2. The fourth-order valence-electron chi connectivity index (χ4n) is 2.46. The molecule has 2 fully saturated rings. The summed E-state index contributed by atoms with van der Waals surface area (Å²) in [6.45, 7) is 6.57. The number of nitrogens with one attached hydrogen (secondary N) is 1. The molecule has 19 heavy (non-hydrogen) atoms. The molecule has 1 saturated heterocycles. The van der Waals surface area contributed by atoms with E-state index in [1.165, 1.54) is 59.6 Å². The summed E-state index contributed by atoms with van der Waals surface area (Å²) in [5.74, 6) is 3.32. The number of anilines is 1. The Morgan fingerprint density at radius 3 is 3.00 bits per heavy atom. The molecule has 2 aliphatic rings. The molecular formula is C14H23N3S2. The first kappa shape index (κ1) is 13.7. The van der Waals surface area contributed by atoms with Gasteiger partial charge in [-0.1, -0.05) is 6.92 Å². The molecule has 1 aromatic heterocycles. The van der Waals surface area contributed by atoms with E-state index in [1.807, 2.05) is 11.3 Å². The summed E-state index contributed by atoms with van der Waals surface area (Å²) >= 11 is 4.01. The van der Waals surface area contributed by atoms with Gasteiger partial charge in [0.2, 0.25) is 0 Å². The maximum atomic E-state index is 4.99. The molecule has 106 valence electrons. The third-order valence-corrected chi connectivity index (χ3v) is 5.89. The summed E-state index contributed by atoms with van der Waals surface area (Å²) in [6, 6.07) is 0. The third kappa shape index (κ3) is 3.44. The Kier molecular flexibility index (Phi) is 4.66. The van der Waals surface area contributed by atoms with Gasteiger partial charge < -0.3 is 10.2 Å². The highest BCUT2D eigenvalue weighted by molar-refractivity contribution is 7.99. The van der Waals surface area contributed by atoms with E-state index in [2.05, 4.69) is 28.9 Å². The Labute approximate surface area is 124 Å². The van der Waals surface area contributed by atoms with Crippen molar-refractivity contribution in [3.63, 3.8) is 0 Å². The van der Waals surface area contributed by atoms with Gasteiger partial charge in [0, 0.05) is 36.2 Å². The first-order chi connectivity index (χ1) is 9.38. The Bertz CT molecular complexity index is 407. The lowest BCUT2D eigenvalue weighted by Gasteiger charge is -2.18. The van der Waals surface area contributed by atoms with Crippen LogP contribution in [-0.2, 0) is 6.54 Å². The van der Waals surface area contributed by atoms with Gasteiger partial charge in [0.1, 0.15) is 0 Å². The van der Waals surface area contributed by atoms with Crippen LogP contribution in [0.25, 0.3) is 0 Å². The Morgan fingerprint density at radius 2 is 2.21 bits per heavy atom. The summed E-state index contributed by atoms with van der Waals surface area (Å²) in [5, 5.41) is 4.74. The van der Waals surface area contributed by atoms with Gasteiger partial charge in [0.25, 0.3) is 0 Å². The largest absolute Gasteiger partial charge is 0.347 e. The predicted octanol–water partition coefficient (Wildman–Crippen LogP) is 3.07. The molecule has 1 aromatic rings. The van der Waals surface area contributed by atoms with E-state index >= 15 is 0 Å². The molecular weight excluding hydrogens is 274 g/mol. The number of thioether (sulfide) groups is 1. The van der Waals surface area contributed by atoms with Gasteiger partial charge in [0.05, 0.1) is 5.69 Å². The molecule has 1 aliphatic heterocycles. The minimum Gasteiger partial charge on any atom is -0.347 e. The summed E-state index contributed by atoms with van der Waals surface area (Å²) in [4.78, 5) is 8.97. The lowest BCUT2D eigenvalue weighted by Crippen LogP contribution is -2.25. The number of rotatable bonds is 5. The lowest BCUT2D eigenvalue weighted by molar-refractivity contribution is 0.726. The van der Waals surface area contributed by atoms with Crippen molar-refractivity contribution in [3.8, 4) is 0 Å². The number of hydrogen-bond acceptors (Lipinski definition) is 5. The zero-order valence-electron chi connectivity index (χ0n) is 11.7. The van der Waals surface area contributed by atoms with Crippen molar-refractivity contribution in [1.29, 1.82) is 0 Å². The van der Waals surface area contributed by atoms with Gasteiger partial charge in [-0.15, -0.1) is 11.3 Å². The SMILES string of the molecule is CCNCc1sc(N2CCCSCC2)nc1C1CC1. The lowest BCUT2D eigenvalue weighted by atomic mass is 10.2. The number of aromatic nitrogens is 1.